The zero-order chi connectivity index (χ0) is 19.0. The molecule has 28 heavy (non-hydrogen) atoms. The smallest absolute Gasteiger partial charge is 0.0623 e. The quantitative estimate of drug-likeness (QED) is 0.353. The van der Waals surface area contributed by atoms with Crippen LogP contribution >= 0.6 is 0 Å². The number of benzene rings is 4. The molecule has 0 saturated carbocycles. The van der Waals surface area contributed by atoms with Crippen LogP contribution in [-0.4, -0.2) is 8.07 Å². The summed E-state index contributed by atoms with van der Waals surface area (Å²) < 4.78 is 0. The van der Waals surface area contributed by atoms with Gasteiger partial charge in [-0.1, -0.05) is 95.6 Å². The predicted octanol–water partition coefficient (Wildman–Crippen LogP) is 3.95. The number of rotatable bonds is 0. The van der Waals surface area contributed by atoms with E-state index in [1.807, 2.05) is 0 Å². The first-order valence-electron chi connectivity index (χ1n) is 10.0. The Bertz CT molecular complexity index is 1220. The van der Waals surface area contributed by atoms with Gasteiger partial charge in [0.2, 0.25) is 0 Å². The molecule has 0 nitrogen and oxygen atoms in total. The molecule has 0 aromatic heterocycles. The summed E-state index contributed by atoms with van der Waals surface area (Å²) in [5.74, 6) is 0. The van der Waals surface area contributed by atoms with E-state index in [9.17, 15) is 0 Å². The monoisotopic (exact) mass is 374 g/mol. The molecule has 0 amide bonds. The van der Waals surface area contributed by atoms with Gasteiger partial charge in [0, 0.05) is 0 Å². The van der Waals surface area contributed by atoms with Crippen molar-refractivity contribution in [1.29, 1.82) is 0 Å². The van der Waals surface area contributed by atoms with E-state index in [1.54, 1.807) is 20.7 Å². The van der Waals surface area contributed by atoms with Crippen molar-refractivity contribution in [1.82, 2.24) is 0 Å². The summed E-state index contributed by atoms with van der Waals surface area (Å²) in [5.41, 5.74) is 9.82. The maximum Gasteiger partial charge on any atom is 0.182 e. The van der Waals surface area contributed by atoms with E-state index >= 15 is 0 Å². The lowest BCUT2D eigenvalue weighted by Crippen LogP contribution is -2.70. The number of aryl methyl sites for hydroxylation is 3. The lowest BCUT2D eigenvalue weighted by molar-refractivity contribution is 1.48. The van der Waals surface area contributed by atoms with Crippen molar-refractivity contribution in [2.45, 2.75) is 20.8 Å². The molecule has 1 heteroatoms. The molecule has 134 valence electrons. The lowest BCUT2D eigenvalue weighted by Gasteiger charge is -2.28. The third kappa shape index (κ3) is 1.80. The Morgan fingerprint density at radius 3 is 1.29 bits per heavy atom. The molecule has 2 aliphatic heterocycles. The fourth-order valence-electron chi connectivity index (χ4n) is 5.53. The Labute approximate surface area is 167 Å². The predicted molar refractivity (Wildman–Crippen MR) is 122 cm³/mol. The molecule has 0 unspecified atom stereocenters. The molecular weight excluding hydrogens is 352 g/mol. The third-order valence-corrected chi connectivity index (χ3v) is 11.6. The Morgan fingerprint density at radius 2 is 0.821 bits per heavy atom. The molecule has 4 aromatic rings. The van der Waals surface area contributed by atoms with Gasteiger partial charge in [0.05, 0.1) is 0 Å². The van der Waals surface area contributed by atoms with Crippen LogP contribution in [0.25, 0.3) is 22.3 Å². The highest BCUT2D eigenvalue weighted by Crippen LogP contribution is 2.36. The minimum atomic E-state index is -2.25. The van der Waals surface area contributed by atoms with Crippen molar-refractivity contribution < 1.29 is 0 Å². The average Bonchev–Trinajstić information content (AvgIpc) is 3.13. The number of hydrogen-bond acceptors (Lipinski definition) is 0. The van der Waals surface area contributed by atoms with Crippen LogP contribution in [-0.2, 0) is 0 Å². The van der Waals surface area contributed by atoms with E-state index < -0.39 is 8.07 Å². The van der Waals surface area contributed by atoms with Crippen molar-refractivity contribution in [2.75, 3.05) is 0 Å². The van der Waals surface area contributed by atoms with Crippen LogP contribution in [0, 0.1) is 20.8 Å². The molecule has 4 aromatic carbocycles. The summed E-state index contributed by atoms with van der Waals surface area (Å²) in [6, 6.07) is 30.5. The highest BCUT2D eigenvalue weighted by atomic mass is 28.3. The summed E-state index contributed by atoms with van der Waals surface area (Å²) in [4.78, 5) is 0. The maximum absolute atomic E-state index is 2.48. The topological polar surface area (TPSA) is 0 Å². The first kappa shape index (κ1) is 16.1. The molecule has 0 fully saturated rings. The fraction of sp³-hybridized carbons (Fsp3) is 0.111. The summed E-state index contributed by atoms with van der Waals surface area (Å²) in [7, 11) is -2.25. The largest absolute Gasteiger partial charge is 0.182 e. The van der Waals surface area contributed by atoms with E-state index in [4.69, 9.17) is 0 Å². The minimum absolute atomic E-state index is 1.36. The van der Waals surface area contributed by atoms with Gasteiger partial charge in [0.1, 0.15) is 0 Å². The maximum atomic E-state index is 2.48. The van der Waals surface area contributed by atoms with E-state index in [-0.39, 0.29) is 0 Å². The highest BCUT2D eigenvalue weighted by molar-refractivity contribution is 7.24. The number of fused-ring (bicyclic) bond motifs is 10. The first-order chi connectivity index (χ1) is 13.6. The molecular formula is C27H22Si. The summed E-state index contributed by atoms with van der Waals surface area (Å²) in [6.07, 6.45) is 0. The Morgan fingerprint density at radius 1 is 0.429 bits per heavy atom. The van der Waals surface area contributed by atoms with Crippen LogP contribution in [0.1, 0.15) is 16.7 Å². The van der Waals surface area contributed by atoms with Crippen molar-refractivity contribution in [2.24, 2.45) is 0 Å². The van der Waals surface area contributed by atoms with Gasteiger partial charge in [0.25, 0.3) is 0 Å². The zero-order valence-corrected chi connectivity index (χ0v) is 17.5. The van der Waals surface area contributed by atoms with Gasteiger partial charge in [-0.15, -0.1) is 0 Å². The zero-order valence-electron chi connectivity index (χ0n) is 16.5. The van der Waals surface area contributed by atoms with E-state index in [2.05, 4.69) is 99.6 Å². The molecule has 0 atom stereocenters. The van der Waals surface area contributed by atoms with Gasteiger partial charge >= 0.3 is 0 Å². The molecule has 6 rings (SSSR count). The van der Waals surface area contributed by atoms with Crippen LogP contribution in [0.15, 0.2) is 78.9 Å². The van der Waals surface area contributed by atoms with Gasteiger partial charge in [0.15, 0.2) is 8.07 Å². The molecule has 0 aliphatic carbocycles. The van der Waals surface area contributed by atoms with E-state index in [0.717, 1.165) is 0 Å². The molecule has 2 aliphatic rings. The van der Waals surface area contributed by atoms with Crippen LogP contribution < -0.4 is 20.7 Å². The van der Waals surface area contributed by atoms with Crippen molar-refractivity contribution >= 4 is 28.8 Å². The molecule has 1 spiro atoms. The second-order valence-corrected chi connectivity index (χ2v) is 12.1. The molecule has 0 radical (unpaired) electrons. The van der Waals surface area contributed by atoms with Crippen LogP contribution in [0.2, 0.25) is 0 Å². The minimum Gasteiger partial charge on any atom is -0.0623 e. The standard InChI is InChI=1S/C27H22Si/c1-17-8-11-21-20-6-4-5-7-24(20)28(25(21)14-17)26-15-18(2)9-12-22(26)23-13-10-19(3)16-27(23)28/h4-16H,1-3H3. The Balaban J connectivity index is 1.88. The van der Waals surface area contributed by atoms with Crippen molar-refractivity contribution in [3.05, 3.63) is 95.6 Å². The van der Waals surface area contributed by atoms with Gasteiger partial charge in [-0.3, -0.25) is 0 Å². The second kappa shape index (κ2) is 5.33. The Hall–Kier alpha value is -2.90. The van der Waals surface area contributed by atoms with Gasteiger partial charge in [-0.2, -0.15) is 0 Å². The van der Waals surface area contributed by atoms with Crippen LogP contribution in [0.5, 0.6) is 0 Å². The SMILES string of the molecule is Cc1ccc2c(c1)[Si]1(c3ccccc3-2)c2cc(C)ccc2-c2ccc(C)cc21. The highest BCUT2D eigenvalue weighted by Gasteiger charge is 2.53. The van der Waals surface area contributed by atoms with E-state index in [0.29, 0.717) is 0 Å². The first-order valence-corrected chi connectivity index (χ1v) is 12.0. The fourth-order valence-corrected chi connectivity index (χ4v) is 11.4. The normalized spacial score (nSPS) is 14.5. The van der Waals surface area contributed by atoms with Gasteiger partial charge < -0.3 is 0 Å². The number of hydrogen-bond donors (Lipinski definition) is 0. The molecule has 2 heterocycles. The average molecular weight is 375 g/mol. The van der Waals surface area contributed by atoms with Gasteiger partial charge in [-0.25, -0.2) is 0 Å². The summed E-state index contributed by atoms with van der Waals surface area (Å²) in [6.45, 7) is 6.69. The summed E-state index contributed by atoms with van der Waals surface area (Å²) in [5, 5.41) is 6.28. The van der Waals surface area contributed by atoms with Crippen molar-refractivity contribution in [3.63, 3.8) is 0 Å². The molecule has 0 N–H and O–H groups in total. The Kier molecular flexibility index (Phi) is 3.06. The second-order valence-electron chi connectivity index (χ2n) is 8.44. The third-order valence-electron chi connectivity index (χ3n) is 6.65. The molecule has 0 bridgehead atoms. The molecule has 0 saturated heterocycles. The van der Waals surface area contributed by atoms with Crippen molar-refractivity contribution in [3.8, 4) is 22.3 Å². The van der Waals surface area contributed by atoms with Crippen LogP contribution in [0.4, 0.5) is 0 Å². The summed E-state index contributed by atoms with van der Waals surface area (Å²) >= 11 is 0. The van der Waals surface area contributed by atoms with Crippen LogP contribution in [0.3, 0.4) is 0 Å². The van der Waals surface area contributed by atoms with Gasteiger partial charge in [-0.05, 0) is 63.8 Å². The lowest BCUT2D eigenvalue weighted by atomic mass is 10.0. The van der Waals surface area contributed by atoms with E-state index in [1.165, 1.54) is 38.9 Å².